The molecule has 398 valence electrons. The van der Waals surface area contributed by atoms with E-state index in [2.05, 4.69) is 93.7 Å². The van der Waals surface area contributed by atoms with E-state index < -0.39 is 6.10 Å². The molecule has 0 N–H and O–H groups in total. The van der Waals surface area contributed by atoms with Gasteiger partial charge in [-0.05, 0) is 89.9 Å². The van der Waals surface area contributed by atoms with Crippen LogP contribution in [0.1, 0.15) is 290 Å². The van der Waals surface area contributed by atoms with Crippen LogP contribution in [0, 0.1) is 0 Å². The lowest BCUT2D eigenvalue weighted by Crippen LogP contribution is -2.30. The van der Waals surface area contributed by atoms with Crippen LogP contribution < -0.4 is 0 Å². The highest BCUT2D eigenvalue weighted by Gasteiger charge is 2.19. The summed E-state index contributed by atoms with van der Waals surface area (Å²) < 4.78 is 16.9. The van der Waals surface area contributed by atoms with Gasteiger partial charge in [-0.2, -0.15) is 0 Å². The van der Waals surface area contributed by atoms with E-state index in [1.807, 2.05) is 0 Å². The minimum Gasteiger partial charge on any atom is -0.462 e. The molecule has 6 heteroatoms. The zero-order valence-electron chi connectivity index (χ0n) is 45.6. The van der Waals surface area contributed by atoms with Gasteiger partial charge in [0.25, 0.3) is 0 Å². The summed E-state index contributed by atoms with van der Waals surface area (Å²) in [6, 6.07) is 0. The second kappa shape index (κ2) is 57.4. The van der Waals surface area contributed by atoms with Crippen LogP contribution in [0.15, 0.2) is 72.9 Å². The summed E-state index contributed by atoms with van der Waals surface area (Å²) in [6.45, 7) is 6.50. The smallest absolute Gasteiger partial charge is 0.306 e. The summed E-state index contributed by atoms with van der Waals surface area (Å²) in [4.78, 5) is 38.2. The van der Waals surface area contributed by atoms with Crippen LogP contribution in [0.2, 0.25) is 0 Å². The zero-order valence-corrected chi connectivity index (χ0v) is 45.6. The average molecular weight is 964 g/mol. The van der Waals surface area contributed by atoms with Gasteiger partial charge in [-0.15, -0.1) is 0 Å². The van der Waals surface area contributed by atoms with Crippen molar-refractivity contribution in [3.63, 3.8) is 0 Å². The van der Waals surface area contributed by atoms with Crippen molar-refractivity contribution in [3.05, 3.63) is 72.9 Å². The molecule has 0 rings (SSSR count). The van der Waals surface area contributed by atoms with Gasteiger partial charge in [0, 0.05) is 19.3 Å². The van der Waals surface area contributed by atoms with Crippen LogP contribution in [-0.2, 0) is 28.6 Å². The van der Waals surface area contributed by atoms with Gasteiger partial charge in [-0.1, -0.05) is 254 Å². The number of ether oxygens (including phenoxy) is 3. The molecule has 0 aliphatic rings. The van der Waals surface area contributed by atoms with Gasteiger partial charge in [0.15, 0.2) is 6.10 Å². The van der Waals surface area contributed by atoms with E-state index in [-0.39, 0.29) is 31.1 Å². The van der Waals surface area contributed by atoms with Crippen molar-refractivity contribution in [1.29, 1.82) is 0 Å². The second-order valence-corrected chi connectivity index (χ2v) is 19.5. The lowest BCUT2D eigenvalue weighted by atomic mass is 10.0. The largest absolute Gasteiger partial charge is 0.462 e. The number of hydrogen-bond donors (Lipinski definition) is 0. The number of carbonyl (C=O) groups excluding carboxylic acids is 3. The van der Waals surface area contributed by atoms with Gasteiger partial charge < -0.3 is 14.2 Å². The predicted molar refractivity (Wildman–Crippen MR) is 298 cm³/mol. The van der Waals surface area contributed by atoms with E-state index in [1.165, 1.54) is 141 Å². The molecule has 0 aromatic carbocycles. The number of hydrogen-bond acceptors (Lipinski definition) is 6. The van der Waals surface area contributed by atoms with Crippen LogP contribution in [-0.4, -0.2) is 37.2 Å². The summed E-state index contributed by atoms with van der Waals surface area (Å²) in [5, 5.41) is 0. The van der Waals surface area contributed by atoms with Crippen LogP contribution in [0.4, 0.5) is 0 Å². The van der Waals surface area contributed by atoms with Crippen LogP contribution in [0.3, 0.4) is 0 Å². The second-order valence-electron chi connectivity index (χ2n) is 19.5. The van der Waals surface area contributed by atoms with Crippen LogP contribution >= 0.6 is 0 Å². The zero-order chi connectivity index (χ0) is 50.0. The fourth-order valence-electron chi connectivity index (χ4n) is 8.29. The summed E-state index contributed by atoms with van der Waals surface area (Å²) in [5.74, 6) is -0.905. The first-order valence-corrected chi connectivity index (χ1v) is 29.4. The Bertz CT molecular complexity index is 1290. The first kappa shape index (κ1) is 65.8. The monoisotopic (exact) mass is 963 g/mol. The van der Waals surface area contributed by atoms with Crippen LogP contribution in [0.25, 0.3) is 0 Å². The molecule has 0 heterocycles. The van der Waals surface area contributed by atoms with E-state index in [0.29, 0.717) is 19.3 Å². The van der Waals surface area contributed by atoms with Crippen molar-refractivity contribution in [2.24, 2.45) is 0 Å². The summed E-state index contributed by atoms with van der Waals surface area (Å²) in [7, 11) is 0. The number of rotatable bonds is 53. The maximum absolute atomic E-state index is 12.9. The van der Waals surface area contributed by atoms with Crippen molar-refractivity contribution in [2.75, 3.05) is 13.2 Å². The SMILES string of the molecule is CC/C=C\C/C=C\C/C=C\C/C=C\CCCCCCC(=O)OCC(COC(=O)CCCCCCCCCCCCCCCCCCC)OC(=O)CCCCCCCCC/C=C\C/C=C\CCCCC. The van der Waals surface area contributed by atoms with E-state index in [1.54, 1.807) is 0 Å². The highest BCUT2D eigenvalue weighted by molar-refractivity contribution is 5.71. The first-order valence-electron chi connectivity index (χ1n) is 29.4. The lowest BCUT2D eigenvalue weighted by molar-refractivity contribution is -0.167. The van der Waals surface area contributed by atoms with Gasteiger partial charge >= 0.3 is 17.9 Å². The molecule has 0 fully saturated rings. The minimum atomic E-state index is -0.789. The summed E-state index contributed by atoms with van der Waals surface area (Å²) in [6.07, 6.45) is 73.2. The van der Waals surface area contributed by atoms with Crippen molar-refractivity contribution in [2.45, 2.75) is 297 Å². The molecular weight excluding hydrogens is 853 g/mol. The maximum Gasteiger partial charge on any atom is 0.306 e. The fourth-order valence-corrected chi connectivity index (χ4v) is 8.29. The molecule has 0 radical (unpaired) electrons. The summed E-state index contributed by atoms with van der Waals surface area (Å²) in [5.41, 5.74) is 0. The highest BCUT2D eigenvalue weighted by atomic mass is 16.6. The normalized spacial score (nSPS) is 12.6. The standard InChI is InChI=1S/C63H110O6/c1-4-7-10-13-16-19-22-25-28-31-34-37-40-43-46-49-52-55-61(64)67-58-60(69-63(66)57-54-51-48-45-42-39-36-33-30-27-24-21-18-15-12-9-6-3)59-68-62(65)56-53-50-47-44-41-38-35-32-29-26-23-20-17-14-11-8-5-2/h7,10,16,18-19,21,25,27-28,30,34,37,60H,4-6,8-9,11-15,17,20,22-24,26,29,31-33,35-36,38-59H2,1-3H3/b10-7-,19-16-,21-18-,28-25-,30-27-,37-34-. The van der Waals surface area contributed by atoms with Gasteiger partial charge in [0.1, 0.15) is 13.2 Å². The minimum absolute atomic E-state index is 0.0843. The molecule has 0 bridgehead atoms. The molecule has 0 aromatic rings. The maximum atomic E-state index is 12.9. The molecule has 0 spiro atoms. The Labute approximate surface area is 427 Å². The molecular formula is C63H110O6. The molecule has 6 nitrogen and oxygen atoms in total. The molecule has 0 aromatic heterocycles. The van der Waals surface area contributed by atoms with Crippen molar-refractivity contribution in [1.82, 2.24) is 0 Å². The third-order valence-electron chi connectivity index (χ3n) is 12.7. The third kappa shape index (κ3) is 55.6. The topological polar surface area (TPSA) is 78.9 Å². The number of allylic oxidation sites excluding steroid dienone is 12. The number of unbranched alkanes of at least 4 members (excludes halogenated alkanes) is 30. The van der Waals surface area contributed by atoms with E-state index >= 15 is 0 Å². The molecule has 0 saturated carbocycles. The summed E-state index contributed by atoms with van der Waals surface area (Å²) >= 11 is 0. The molecule has 69 heavy (non-hydrogen) atoms. The Morgan fingerprint density at radius 3 is 0.913 bits per heavy atom. The lowest BCUT2D eigenvalue weighted by Gasteiger charge is -2.18. The molecule has 1 unspecified atom stereocenters. The Hall–Kier alpha value is -3.15. The third-order valence-corrected chi connectivity index (χ3v) is 12.7. The van der Waals surface area contributed by atoms with Crippen molar-refractivity contribution >= 4 is 17.9 Å². The van der Waals surface area contributed by atoms with Gasteiger partial charge in [-0.3, -0.25) is 14.4 Å². The average Bonchev–Trinajstić information content (AvgIpc) is 3.35. The molecule has 1 atom stereocenters. The molecule has 0 amide bonds. The highest BCUT2D eigenvalue weighted by Crippen LogP contribution is 2.16. The predicted octanol–water partition coefficient (Wildman–Crippen LogP) is 19.8. The van der Waals surface area contributed by atoms with Crippen LogP contribution in [0.5, 0.6) is 0 Å². The molecule has 0 saturated heterocycles. The van der Waals surface area contributed by atoms with Gasteiger partial charge in [0.2, 0.25) is 0 Å². The first-order chi connectivity index (χ1) is 34.0. The molecule has 0 aliphatic heterocycles. The Kier molecular flexibility index (Phi) is 54.8. The Balaban J connectivity index is 4.42. The Morgan fingerprint density at radius 1 is 0.304 bits per heavy atom. The van der Waals surface area contributed by atoms with Gasteiger partial charge in [-0.25, -0.2) is 0 Å². The number of carbonyl (C=O) groups is 3. The van der Waals surface area contributed by atoms with Crippen molar-refractivity contribution < 1.29 is 28.6 Å². The van der Waals surface area contributed by atoms with E-state index in [4.69, 9.17) is 14.2 Å². The van der Waals surface area contributed by atoms with Gasteiger partial charge in [0.05, 0.1) is 0 Å². The molecule has 0 aliphatic carbocycles. The van der Waals surface area contributed by atoms with E-state index in [9.17, 15) is 14.4 Å². The Morgan fingerprint density at radius 2 is 0.565 bits per heavy atom. The quantitative estimate of drug-likeness (QED) is 0.0262. The van der Waals surface area contributed by atoms with E-state index in [0.717, 1.165) is 109 Å². The number of esters is 3. The van der Waals surface area contributed by atoms with Crippen molar-refractivity contribution in [3.8, 4) is 0 Å². The fraction of sp³-hybridized carbons (Fsp3) is 0.762.